The third-order valence-electron chi connectivity index (χ3n) is 5.11. The average molecular weight is 428 g/mol. The highest BCUT2D eigenvalue weighted by Gasteiger charge is 2.34. The number of hydrogen-bond donors (Lipinski definition) is 0. The molecule has 9 nitrogen and oxygen atoms in total. The molecule has 0 radical (unpaired) electrons. The van der Waals surface area contributed by atoms with Gasteiger partial charge in [0.2, 0.25) is 11.8 Å². The lowest BCUT2D eigenvalue weighted by molar-refractivity contribution is -0.163. The minimum absolute atomic E-state index is 0.345. The van der Waals surface area contributed by atoms with Gasteiger partial charge >= 0.3 is 5.97 Å². The Morgan fingerprint density at radius 3 is 2.61 bits per heavy atom. The highest BCUT2D eigenvalue weighted by molar-refractivity contribution is 5.79. The van der Waals surface area contributed by atoms with Crippen molar-refractivity contribution in [2.75, 3.05) is 20.8 Å². The molecule has 0 aliphatic rings. The Morgan fingerprint density at radius 2 is 2.03 bits per heavy atom. The van der Waals surface area contributed by atoms with Crippen LogP contribution in [0.1, 0.15) is 29.6 Å². The number of rotatable bonds is 9. The molecule has 0 amide bonds. The molecule has 0 N–H and O–H groups in total. The van der Waals surface area contributed by atoms with Gasteiger partial charge in [0.15, 0.2) is 5.60 Å². The van der Waals surface area contributed by atoms with Crippen LogP contribution in [0.5, 0.6) is 5.88 Å². The quantitative estimate of drug-likeness (QED) is 0.480. The van der Waals surface area contributed by atoms with Gasteiger partial charge < -0.3 is 18.6 Å². The van der Waals surface area contributed by atoms with Crippen LogP contribution in [-0.4, -0.2) is 52.1 Å². The van der Waals surface area contributed by atoms with E-state index in [0.29, 0.717) is 31.2 Å². The van der Waals surface area contributed by atoms with Crippen LogP contribution in [-0.2, 0) is 34.2 Å². The predicted octanol–water partition coefficient (Wildman–Crippen LogP) is 2.83. The highest BCUT2D eigenvalue weighted by Crippen LogP contribution is 2.23. The van der Waals surface area contributed by atoms with Gasteiger partial charge in [-0.25, -0.2) is 14.8 Å². The zero-order chi connectivity index (χ0) is 22.6. The first-order valence-electron chi connectivity index (χ1n) is 9.94. The van der Waals surface area contributed by atoms with Crippen molar-refractivity contribution in [3.05, 3.63) is 47.1 Å². The lowest BCUT2D eigenvalue weighted by Crippen LogP contribution is -2.40. The molecule has 3 heterocycles. The van der Waals surface area contributed by atoms with Crippen molar-refractivity contribution in [3.63, 3.8) is 0 Å². The van der Waals surface area contributed by atoms with E-state index < -0.39 is 11.6 Å². The van der Waals surface area contributed by atoms with Gasteiger partial charge in [0.1, 0.15) is 11.5 Å². The fraction of sp³-hybridized carbons (Fsp3) is 0.455. The van der Waals surface area contributed by atoms with Crippen LogP contribution in [0.3, 0.4) is 0 Å². The minimum Gasteiger partial charge on any atom is -0.477 e. The lowest BCUT2D eigenvalue weighted by Gasteiger charge is -2.24. The Bertz CT molecular complexity index is 1040. The first-order chi connectivity index (χ1) is 14.8. The normalized spacial score (nSPS) is 13.1. The molecular formula is C22H28N4O5. The summed E-state index contributed by atoms with van der Waals surface area (Å²) in [6.45, 7) is 5.90. The van der Waals surface area contributed by atoms with Crippen molar-refractivity contribution in [3.8, 4) is 17.5 Å². The Kier molecular flexibility index (Phi) is 6.74. The molecule has 0 bridgehead atoms. The molecule has 3 rings (SSSR count). The number of aryl methyl sites for hydroxylation is 3. The summed E-state index contributed by atoms with van der Waals surface area (Å²) in [5.74, 6) is 1.36. The summed E-state index contributed by atoms with van der Waals surface area (Å²) in [5.41, 5.74) is 2.35. The second kappa shape index (κ2) is 9.30. The molecule has 0 aliphatic heterocycles. The first-order valence-corrected chi connectivity index (χ1v) is 9.94. The lowest BCUT2D eigenvalue weighted by atomic mass is 9.97. The SMILES string of the molecule is COC(=O)C(C)(Cc1ccc(OCCc2nc(-c3cc(C)nn3C)oc2C)nc1)OC. The zero-order valence-corrected chi connectivity index (χ0v) is 18.8. The van der Waals surface area contributed by atoms with E-state index in [1.807, 2.05) is 33.0 Å². The maximum Gasteiger partial charge on any atom is 0.338 e. The van der Waals surface area contributed by atoms with E-state index >= 15 is 0 Å². The van der Waals surface area contributed by atoms with Gasteiger partial charge in [-0.1, -0.05) is 6.07 Å². The van der Waals surface area contributed by atoms with Crippen LogP contribution in [0, 0.1) is 13.8 Å². The molecule has 0 saturated carbocycles. The van der Waals surface area contributed by atoms with Crippen LogP contribution in [0.2, 0.25) is 0 Å². The van der Waals surface area contributed by atoms with Crippen molar-refractivity contribution in [2.45, 2.75) is 39.2 Å². The fourth-order valence-corrected chi connectivity index (χ4v) is 3.27. The maximum atomic E-state index is 11.9. The Morgan fingerprint density at radius 1 is 1.26 bits per heavy atom. The van der Waals surface area contributed by atoms with E-state index in [1.165, 1.54) is 14.2 Å². The number of nitrogens with zero attached hydrogens (tertiary/aromatic N) is 4. The number of methoxy groups -OCH3 is 2. The number of esters is 1. The molecule has 3 aromatic rings. The molecule has 9 heteroatoms. The zero-order valence-electron chi connectivity index (χ0n) is 18.8. The summed E-state index contributed by atoms with van der Waals surface area (Å²) in [5, 5.41) is 4.33. The summed E-state index contributed by atoms with van der Waals surface area (Å²) in [6, 6.07) is 5.56. The molecule has 0 aromatic carbocycles. The second-order valence-corrected chi connectivity index (χ2v) is 7.52. The molecule has 31 heavy (non-hydrogen) atoms. The van der Waals surface area contributed by atoms with Crippen LogP contribution >= 0.6 is 0 Å². The molecule has 3 aromatic heterocycles. The standard InChI is InChI=1S/C22H28N4O5/c1-14-11-18(26(4)25-14)20-24-17(15(2)31-20)9-10-30-19-8-7-16(13-23-19)12-22(3,29-6)21(27)28-5/h7-8,11,13H,9-10,12H2,1-6H3. The topological polar surface area (TPSA) is 102 Å². The van der Waals surface area contributed by atoms with Gasteiger partial charge in [0.25, 0.3) is 0 Å². The third-order valence-corrected chi connectivity index (χ3v) is 5.11. The number of pyridine rings is 1. The van der Waals surface area contributed by atoms with Crippen LogP contribution in [0.15, 0.2) is 28.8 Å². The van der Waals surface area contributed by atoms with Gasteiger partial charge in [-0.2, -0.15) is 5.10 Å². The number of aromatic nitrogens is 4. The van der Waals surface area contributed by atoms with Crippen molar-refractivity contribution in [1.82, 2.24) is 19.7 Å². The summed E-state index contributed by atoms with van der Waals surface area (Å²) in [4.78, 5) is 20.8. The van der Waals surface area contributed by atoms with Crippen LogP contribution < -0.4 is 4.74 Å². The average Bonchev–Trinajstić information content (AvgIpc) is 3.29. The maximum absolute atomic E-state index is 11.9. The minimum atomic E-state index is -1.06. The van der Waals surface area contributed by atoms with E-state index in [4.69, 9.17) is 18.6 Å². The van der Waals surface area contributed by atoms with Gasteiger partial charge in [-0.05, 0) is 32.4 Å². The van der Waals surface area contributed by atoms with Crippen LogP contribution in [0.4, 0.5) is 0 Å². The van der Waals surface area contributed by atoms with E-state index in [2.05, 4.69) is 15.1 Å². The van der Waals surface area contributed by atoms with E-state index in [9.17, 15) is 4.79 Å². The monoisotopic (exact) mass is 428 g/mol. The predicted molar refractivity (Wildman–Crippen MR) is 113 cm³/mol. The fourth-order valence-electron chi connectivity index (χ4n) is 3.27. The Balaban J connectivity index is 1.58. The number of hydrogen-bond acceptors (Lipinski definition) is 8. The summed E-state index contributed by atoms with van der Waals surface area (Å²) in [6.07, 6.45) is 2.59. The summed E-state index contributed by atoms with van der Waals surface area (Å²) >= 11 is 0. The van der Waals surface area contributed by atoms with Crippen molar-refractivity contribution in [2.24, 2.45) is 7.05 Å². The van der Waals surface area contributed by atoms with Crippen LogP contribution in [0.25, 0.3) is 11.6 Å². The summed E-state index contributed by atoms with van der Waals surface area (Å²) in [7, 11) is 4.68. The first kappa shape index (κ1) is 22.5. The molecule has 1 atom stereocenters. The van der Waals surface area contributed by atoms with Crippen molar-refractivity contribution >= 4 is 5.97 Å². The van der Waals surface area contributed by atoms with Gasteiger partial charge in [0, 0.05) is 39.3 Å². The number of oxazole rings is 1. The Labute approximate surface area is 181 Å². The largest absolute Gasteiger partial charge is 0.477 e. The molecule has 0 fully saturated rings. The third kappa shape index (κ3) is 5.11. The molecule has 0 spiro atoms. The Hall–Kier alpha value is -3.20. The van der Waals surface area contributed by atoms with E-state index in [0.717, 1.165) is 28.4 Å². The van der Waals surface area contributed by atoms with Crippen molar-refractivity contribution < 1.29 is 23.4 Å². The van der Waals surface area contributed by atoms with Gasteiger partial charge in [0.05, 0.1) is 25.1 Å². The highest BCUT2D eigenvalue weighted by atomic mass is 16.6. The second-order valence-electron chi connectivity index (χ2n) is 7.52. The smallest absolute Gasteiger partial charge is 0.338 e. The molecular weight excluding hydrogens is 400 g/mol. The van der Waals surface area contributed by atoms with Gasteiger partial charge in [-0.15, -0.1) is 0 Å². The van der Waals surface area contributed by atoms with E-state index in [1.54, 1.807) is 23.9 Å². The number of carbonyl (C=O) groups is 1. The molecule has 166 valence electrons. The number of carbonyl (C=O) groups excluding carboxylic acids is 1. The summed E-state index contributed by atoms with van der Waals surface area (Å²) < 4.78 is 23.5. The molecule has 0 aliphatic carbocycles. The molecule has 0 saturated heterocycles. The van der Waals surface area contributed by atoms with Gasteiger partial charge in [-0.3, -0.25) is 4.68 Å². The van der Waals surface area contributed by atoms with Crippen molar-refractivity contribution in [1.29, 1.82) is 0 Å². The molecule has 1 unspecified atom stereocenters. The number of ether oxygens (including phenoxy) is 3. The van der Waals surface area contributed by atoms with E-state index in [-0.39, 0.29) is 0 Å².